The highest BCUT2D eigenvalue weighted by molar-refractivity contribution is 8.74. The number of hydrogen-bond acceptors (Lipinski definition) is 2. The zero-order valence-electron chi connectivity index (χ0n) is 8.46. The molecular weight excluding hydrogens is 253 g/mol. The molecule has 1 unspecified atom stereocenters. The summed E-state index contributed by atoms with van der Waals surface area (Å²) in [6.07, 6.45) is 0. The highest BCUT2D eigenvalue weighted by Crippen LogP contribution is 2.67. The first-order valence-electron chi connectivity index (χ1n) is 5.00. The van der Waals surface area contributed by atoms with Crippen molar-refractivity contribution in [1.29, 1.82) is 0 Å². The third-order valence-electron chi connectivity index (χ3n) is 2.48. The van der Waals surface area contributed by atoms with E-state index >= 15 is 0 Å². The van der Waals surface area contributed by atoms with Crippen LogP contribution in [0.1, 0.15) is 0 Å². The van der Waals surface area contributed by atoms with E-state index in [2.05, 4.69) is 47.6 Å². The molecule has 3 rings (SSSR count). The van der Waals surface area contributed by atoms with Crippen molar-refractivity contribution in [3.63, 3.8) is 0 Å². The van der Waals surface area contributed by atoms with Crippen molar-refractivity contribution in [2.75, 3.05) is 5.09 Å². The van der Waals surface area contributed by atoms with Gasteiger partial charge >= 0.3 is 0 Å². The molecule has 0 bridgehead atoms. The normalized spacial score (nSPS) is 22.5. The summed E-state index contributed by atoms with van der Waals surface area (Å²) in [5.74, 6) is 0. The Balaban J connectivity index is 2.04. The molecule has 16 heavy (non-hydrogen) atoms. The average Bonchev–Trinajstić information content (AvgIpc) is 2.68. The minimum absolute atomic E-state index is 1.18. The summed E-state index contributed by atoms with van der Waals surface area (Å²) in [4.78, 5) is 1.27. The third-order valence-corrected chi connectivity index (χ3v) is 8.65. The second-order valence-electron chi connectivity index (χ2n) is 3.59. The van der Waals surface area contributed by atoms with E-state index in [1.54, 1.807) is 11.4 Å². The Morgan fingerprint density at radius 1 is 0.938 bits per heavy atom. The summed E-state index contributed by atoms with van der Waals surface area (Å²) in [7, 11) is 0. The predicted molar refractivity (Wildman–Crippen MR) is 76.3 cm³/mol. The number of fused-ring (bicyclic) bond motifs is 1. The second kappa shape index (κ2) is 3.92. The molecule has 2 aromatic rings. The van der Waals surface area contributed by atoms with Crippen molar-refractivity contribution < 1.29 is 0 Å². The Hall–Kier alpha value is -0.760. The lowest BCUT2D eigenvalue weighted by Crippen LogP contribution is -2.04. The molecule has 80 valence electrons. The van der Waals surface area contributed by atoms with E-state index in [0.717, 1.165) is 0 Å². The molecule has 1 nitrogen and oxygen atoms in total. The maximum Gasteiger partial charge on any atom is 0.120 e. The van der Waals surface area contributed by atoms with Gasteiger partial charge in [-0.1, -0.05) is 65.7 Å². The second-order valence-corrected chi connectivity index (χ2v) is 10.6. The zero-order valence-corrected chi connectivity index (χ0v) is 11.0. The van der Waals surface area contributed by atoms with Crippen molar-refractivity contribution in [3.05, 3.63) is 54.6 Å². The van der Waals surface area contributed by atoms with Crippen LogP contribution in [0, 0.1) is 0 Å². The van der Waals surface area contributed by atoms with Gasteiger partial charge in [0.1, 0.15) is 5.39 Å². The fourth-order valence-corrected chi connectivity index (χ4v) is 7.57. The number of anilines is 1. The molecule has 1 atom stereocenters. The van der Waals surface area contributed by atoms with Gasteiger partial charge in [-0.05, 0) is 12.1 Å². The smallest absolute Gasteiger partial charge is 0.120 e. The van der Waals surface area contributed by atoms with Gasteiger partial charge in [0.05, 0.1) is 5.69 Å². The van der Waals surface area contributed by atoms with Gasteiger partial charge in [-0.25, -0.2) is 0 Å². The van der Waals surface area contributed by atoms with Crippen LogP contribution in [0.25, 0.3) is 0 Å². The van der Waals surface area contributed by atoms with E-state index in [1.807, 2.05) is 12.1 Å². The van der Waals surface area contributed by atoms with Gasteiger partial charge in [0, 0.05) is 10.2 Å². The molecule has 1 aliphatic rings. The van der Waals surface area contributed by atoms with E-state index < -0.39 is 5.39 Å². The van der Waals surface area contributed by atoms with Crippen molar-refractivity contribution in [1.82, 2.24) is 0 Å². The average molecular weight is 263 g/mol. The van der Waals surface area contributed by atoms with Crippen LogP contribution in [0.15, 0.2) is 59.5 Å². The molecular formula is C12H10NPS2. The van der Waals surface area contributed by atoms with Gasteiger partial charge in [-0.15, -0.1) is 0 Å². The molecule has 0 spiro atoms. The third kappa shape index (κ3) is 1.69. The van der Waals surface area contributed by atoms with Gasteiger partial charge in [-0.2, -0.15) is 0 Å². The molecule has 0 radical (unpaired) electrons. The van der Waals surface area contributed by atoms with Crippen LogP contribution in [0.5, 0.6) is 0 Å². The van der Waals surface area contributed by atoms with Crippen LogP contribution in [0.4, 0.5) is 5.69 Å². The van der Waals surface area contributed by atoms with E-state index in [1.165, 1.54) is 15.9 Å². The molecule has 1 aliphatic heterocycles. The Kier molecular flexibility index (Phi) is 2.55. The molecule has 0 saturated carbocycles. The summed E-state index contributed by atoms with van der Waals surface area (Å²) in [6.45, 7) is 0. The van der Waals surface area contributed by atoms with Crippen LogP contribution in [0.3, 0.4) is 0 Å². The fourth-order valence-electron chi connectivity index (χ4n) is 1.70. The molecule has 0 amide bonds. The lowest BCUT2D eigenvalue weighted by Gasteiger charge is -2.15. The Labute approximate surface area is 104 Å². The van der Waals surface area contributed by atoms with Crippen molar-refractivity contribution in [3.8, 4) is 0 Å². The first-order chi connectivity index (χ1) is 7.78. The summed E-state index contributed by atoms with van der Waals surface area (Å²) in [5, 5.41) is 3.05. The van der Waals surface area contributed by atoms with Crippen molar-refractivity contribution >= 4 is 39.6 Å². The van der Waals surface area contributed by atoms with Gasteiger partial charge < -0.3 is 5.09 Å². The number of nitrogens with one attached hydrogen (secondary N) is 1. The standard InChI is InChI=1S/C12H10NPS2/c15-14(10-6-2-1-3-7-10)13-11-8-4-5-9-12(11)16-14/h1-9H,(H,13,15). The Morgan fingerprint density at radius 3 is 2.38 bits per heavy atom. The highest BCUT2D eigenvalue weighted by Gasteiger charge is 2.28. The SMILES string of the molecule is S=P1(c2ccccc2)Nc2ccccc2S1. The molecule has 2 aromatic carbocycles. The number of benzene rings is 2. The minimum atomic E-state index is -1.70. The van der Waals surface area contributed by atoms with Gasteiger partial charge in [-0.3, -0.25) is 0 Å². The lowest BCUT2D eigenvalue weighted by molar-refractivity contribution is 1.48. The Morgan fingerprint density at radius 2 is 1.62 bits per heavy atom. The number of rotatable bonds is 1. The Bertz CT molecular complexity index is 539. The van der Waals surface area contributed by atoms with E-state index in [4.69, 9.17) is 11.8 Å². The first kappa shape index (κ1) is 10.4. The number of hydrogen-bond donors (Lipinski definition) is 1. The summed E-state index contributed by atoms with van der Waals surface area (Å²) in [5.41, 5.74) is 1.18. The van der Waals surface area contributed by atoms with Crippen LogP contribution in [0.2, 0.25) is 0 Å². The van der Waals surface area contributed by atoms with Crippen molar-refractivity contribution in [2.45, 2.75) is 4.90 Å². The van der Waals surface area contributed by atoms with E-state index in [0.29, 0.717) is 0 Å². The topological polar surface area (TPSA) is 12.0 Å². The first-order valence-corrected chi connectivity index (χ1v) is 9.23. The van der Waals surface area contributed by atoms with Gasteiger partial charge in [0.25, 0.3) is 0 Å². The quantitative estimate of drug-likeness (QED) is 0.785. The van der Waals surface area contributed by atoms with E-state index in [-0.39, 0.29) is 0 Å². The van der Waals surface area contributed by atoms with Crippen LogP contribution in [-0.4, -0.2) is 0 Å². The van der Waals surface area contributed by atoms with Gasteiger partial charge in [0.15, 0.2) is 0 Å². The molecule has 0 fully saturated rings. The summed E-state index contributed by atoms with van der Waals surface area (Å²) in [6, 6.07) is 18.7. The largest absolute Gasteiger partial charge is 0.345 e. The number of para-hydroxylation sites is 1. The van der Waals surface area contributed by atoms with Crippen LogP contribution >= 0.6 is 16.8 Å². The highest BCUT2D eigenvalue weighted by atomic mass is 32.9. The summed E-state index contributed by atoms with van der Waals surface area (Å²) >= 11 is 7.61. The van der Waals surface area contributed by atoms with Crippen LogP contribution < -0.4 is 10.4 Å². The maximum absolute atomic E-state index is 5.80. The van der Waals surface area contributed by atoms with Crippen molar-refractivity contribution in [2.24, 2.45) is 0 Å². The van der Waals surface area contributed by atoms with E-state index in [9.17, 15) is 0 Å². The molecule has 1 heterocycles. The monoisotopic (exact) mass is 263 g/mol. The molecule has 1 N–H and O–H groups in total. The molecule has 0 aliphatic carbocycles. The molecule has 4 heteroatoms. The van der Waals surface area contributed by atoms with Crippen LogP contribution in [-0.2, 0) is 11.8 Å². The fraction of sp³-hybridized carbons (Fsp3) is 0. The zero-order chi connectivity index (χ0) is 11.0. The molecule has 0 aromatic heterocycles. The maximum atomic E-state index is 5.80. The van der Waals surface area contributed by atoms with Gasteiger partial charge in [0.2, 0.25) is 0 Å². The summed E-state index contributed by atoms with van der Waals surface area (Å²) < 4.78 is 0. The predicted octanol–water partition coefficient (Wildman–Crippen LogP) is 3.84. The minimum Gasteiger partial charge on any atom is -0.345 e. The molecule has 0 saturated heterocycles. The lowest BCUT2D eigenvalue weighted by atomic mass is 10.3.